The standard InChI is InChI=1S/C12H19N3O2/c1-15(2)7-10-5-9(6-14-12(10)13)11-8-16-3-4-17-11/h5-6,11H,3-4,7-8H2,1-2H3,(H2,13,14). The Morgan fingerprint density at radius 1 is 1.47 bits per heavy atom. The van der Waals surface area contributed by atoms with Crippen molar-refractivity contribution >= 4 is 5.82 Å². The van der Waals surface area contributed by atoms with E-state index in [1.165, 1.54) is 0 Å². The first-order valence-electron chi connectivity index (χ1n) is 5.75. The second kappa shape index (κ2) is 5.44. The third-order valence-electron chi connectivity index (χ3n) is 2.70. The van der Waals surface area contributed by atoms with E-state index < -0.39 is 0 Å². The number of ether oxygens (including phenoxy) is 2. The van der Waals surface area contributed by atoms with E-state index in [1.807, 2.05) is 14.1 Å². The molecule has 1 atom stereocenters. The Morgan fingerprint density at radius 2 is 2.29 bits per heavy atom. The number of anilines is 1. The summed E-state index contributed by atoms with van der Waals surface area (Å²) in [7, 11) is 4.01. The second-order valence-corrected chi connectivity index (χ2v) is 4.49. The van der Waals surface area contributed by atoms with Gasteiger partial charge in [-0.15, -0.1) is 0 Å². The molecule has 1 aromatic heterocycles. The normalized spacial score (nSPS) is 20.8. The van der Waals surface area contributed by atoms with Crippen LogP contribution < -0.4 is 5.73 Å². The molecule has 94 valence electrons. The zero-order valence-electron chi connectivity index (χ0n) is 10.3. The van der Waals surface area contributed by atoms with Crippen LogP contribution in [0.1, 0.15) is 17.2 Å². The molecule has 0 saturated carbocycles. The van der Waals surface area contributed by atoms with Crippen molar-refractivity contribution in [1.29, 1.82) is 0 Å². The van der Waals surface area contributed by atoms with Crippen LogP contribution in [0.3, 0.4) is 0 Å². The zero-order chi connectivity index (χ0) is 12.3. The number of pyridine rings is 1. The van der Waals surface area contributed by atoms with E-state index in [2.05, 4.69) is 16.0 Å². The molecular weight excluding hydrogens is 218 g/mol. The number of hydrogen-bond acceptors (Lipinski definition) is 5. The van der Waals surface area contributed by atoms with Gasteiger partial charge in [-0.05, 0) is 20.2 Å². The Balaban J connectivity index is 2.17. The molecule has 0 aromatic carbocycles. The number of nitrogen functional groups attached to an aromatic ring is 1. The van der Waals surface area contributed by atoms with Crippen molar-refractivity contribution in [3.8, 4) is 0 Å². The molecule has 0 aliphatic carbocycles. The van der Waals surface area contributed by atoms with Gasteiger partial charge < -0.3 is 20.1 Å². The summed E-state index contributed by atoms with van der Waals surface area (Å²) in [6, 6.07) is 2.06. The molecule has 1 aromatic rings. The largest absolute Gasteiger partial charge is 0.383 e. The van der Waals surface area contributed by atoms with Crippen molar-refractivity contribution in [2.24, 2.45) is 0 Å². The van der Waals surface area contributed by atoms with Gasteiger partial charge in [0.05, 0.1) is 19.8 Å². The summed E-state index contributed by atoms with van der Waals surface area (Å²) in [5, 5.41) is 0. The molecule has 1 aliphatic rings. The fourth-order valence-electron chi connectivity index (χ4n) is 1.86. The van der Waals surface area contributed by atoms with Gasteiger partial charge in [0.2, 0.25) is 0 Å². The van der Waals surface area contributed by atoms with Gasteiger partial charge >= 0.3 is 0 Å². The van der Waals surface area contributed by atoms with Gasteiger partial charge in [-0.25, -0.2) is 4.98 Å². The molecule has 1 saturated heterocycles. The molecule has 2 heterocycles. The van der Waals surface area contributed by atoms with E-state index in [0.717, 1.165) is 17.7 Å². The summed E-state index contributed by atoms with van der Waals surface area (Å²) in [5.74, 6) is 0.583. The molecule has 2 N–H and O–H groups in total. The van der Waals surface area contributed by atoms with Crippen molar-refractivity contribution in [2.75, 3.05) is 39.6 Å². The van der Waals surface area contributed by atoms with Gasteiger partial charge in [-0.1, -0.05) is 0 Å². The van der Waals surface area contributed by atoms with Crippen LogP contribution in [0.2, 0.25) is 0 Å². The SMILES string of the molecule is CN(C)Cc1cc(C2COCCO2)cnc1N. The first kappa shape index (κ1) is 12.3. The fourth-order valence-corrected chi connectivity index (χ4v) is 1.86. The highest BCUT2D eigenvalue weighted by Crippen LogP contribution is 2.23. The Hall–Kier alpha value is -1.17. The molecule has 0 amide bonds. The zero-order valence-corrected chi connectivity index (χ0v) is 10.3. The van der Waals surface area contributed by atoms with E-state index in [9.17, 15) is 0 Å². The van der Waals surface area contributed by atoms with Crippen LogP contribution in [0, 0.1) is 0 Å². The summed E-state index contributed by atoms with van der Waals surface area (Å²) in [5.41, 5.74) is 7.92. The van der Waals surface area contributed by atoms with Gasteiger partial charge in [0.15, 0.2) is 0 Å². The Kier molecular flexibility index (Phi) is 3.93. The lowest BCUT2D eigenvalue weighted by molar-refractivity contribution is -0.0902. The van der Waals surface area contributed by atoms with Crippen LogP contribution in [0.15, 0.2) is 12.3 Å². The quantitative estimate of drug-likeness (QED) is 0.843. The summed E-state index contributed by atoms with van der Waals surface area (Å²) in [6.07, 6.45) is 1.76. The van der Waals surface area contributed by atoms with Crippen LogP contribution >= 0.6 is 0 Å². The third kappa shape index (κ3) is 3.15. The predicted molar refractivity (Wildman–Crippen MR) is 65.6 cm³/mol. The molecule has 17 heavy (non-hydrogen) atoms. The minimum atomic E-state index is -0.0160. The minimum absolute atomic E-state index is 0.0160. The molecule has 5 heteroatoms. The second-order valence-electron chi connectivity index (χ2n) is 4.49. The fraction of sp³-hybridized carbons (Fsp3) is 0.583. The topological polar surface area (TPSA) is 60.6 Å². The summed E-state index contributed by atoms with van der Waals surface area (Å²) in [4.78, 5) is 6.29. The maximum absolute atomic E-state index is 5.86. The maximum atomic E-state index is 5.86. The van der Waals surface area contributed by atoms with Gasteiger partial charge in [-0.2, -0.15) is 0 Å². The Bertz CT molecular complexity index is 376. The van der Waals surface area contributed by atoms with Crippen LogP contribution in [0.5, 0.6) is 0 Å². The lowest BCUT2D eigenvalue weighted by Gasteiger charge is -2.24. The molecular formula is C12H19N3O2. The predicted octanol–water partition coefficient (Wildman–Crippen LogP) is 0.813. The number of nitrogens with two attached hydrogens (primary N) is 1. The highest BCUT2D eigenvalue weighted by atomic mass is 16.6. The summed E-state index contributed by atoms with van der Waals surface area (Å²) < 4.78 is 11.0. The number of rotatable bonds is 3. The van der Waals surface area contributed by atoms with Gasteiger partial charge in [0.1, 0.15) is 11.9 Å². The number of aromatic nitrogens is 1. The summed E-state index contributed by atoms with van der Waals surface area (Å²) >= 11 is 0. The van der Waals surface area contributed by atoms with E-state index in [0.29, 0.717) is 25.6 Å². The maximum Gasteiger partial charge on any atom is 0.127 e. The van der Waals surface area contributed by atoms with Crippen LogP contribution in [-0.2, 0) is 16.0 Å². The van der Waals surface area contributed by atoms with E-state index in [4.69, 9.17) is 15.2 Å². The lowest BCUT2D eigenvalue weighted by atomic mass is 10.1. The molecule has 1 unspecified atom stereocenters. The Labute approximate surface area is 102 Å². The number of hydrogen-bond donors (Lipinski definition) is 1. The smallest absolute Gasteiger partial charge is 0.127 e. The highest BCUT2D eigenvalue weighted by Gasteiger charge is 2.18. The van der Waals surface area contributed by atoms with Crippen molar-refractivity contribution in [1.82, 2.24) is 9.88 Å². The molecule has 0 spiro atoms. The monoisotopic (exact) mass is 237 g/mol. The van der Waals surface area contributed by atoms with Crippen molar-refractivity contribution in [3.63, 3.8) is 0 Å². The molecule has 5 nitrogen and oxygen atoms in total. The third-order valence-corrected chi connectivity index (χ3v) is 2.70. The molecule has 0 radical (unpaired) electrons. The van der Waals surface area contributed by atoms with Crippen molar-refractivity contribution in [3.05, 3.63) is 23.4 Å². The van der Waals surface area contributed by atoms with E-state index >= 15 is 0 Å². The molecule has 1 fully saturated rings. The molecule has 1 aliphatic heterocycles. The van der Waals surface area contributed by atoms with Gasteiger partial charge in [-0.3, -0.25) is 0 Å². The van der Waals surface area contributed by atoms with Crippen LogP contribution in [0.25, 0.3) is 0 Å². The van der Waals surface area contributed by atoms with Crippen LogP contribution in [-0.4, -0.2) is 43.8 Å². The van der Waals surface area contributed by atoms with E-state index in [-0.39, 0.29) is 6.10 Å². The van der Waals surface area contributed by atoms with E-state index in [1.54, 1.807) is 6.20 Å². The van der Waals surface area contributed by atoms with Gasteiger partial charge in [0.25, 0.3) is 0 Å². The molecule has 2 rings (SSSR count). The first-order chi connectivity index (χ1) is 8.16. The average Bonchev–Trinajstić information content (AvgIpc) is 2.32. The van der Waals surface area contributed by atoms with Crippen LogP contribution in [0.4, 0.5) is 5.82 Å². The Morgan fingerprint density at radius 3 is 2.94 bits per heavy atom. The summed E-state index contributed by atoms with van der Waals surface area (Å²) in [6.45, 7) is 2.68. The van der Waals surface area contributed by atoms with Crippen molar-refractivity contribution < 1.29 is 9.47 Å². The first-order valence-corrected chi connectivity index (χ1v) is 5.75. The van der Waals surface area contributed by atoms with Crippen molar-refractivity contribution in [2.45, 2.75) is 12.6 Å². The minimum Gasteiger partial charge on any atom is -0.383 e. The van der Waals surface area contributed by atoms with Gasteiger partial charge in [0, 0.05) is 23.9 Å². The lowest BCUT2D eigenvalue weighted by Crippen LogP contribution is -2.22. The average molecular weight is 237 g/mol. The molecule has 0 bridgehead atoms. The highest BCUT2D eigenvalue weighted by molar-refractivity contribution is 5.41. The number of nitrogens with zero attached hydrogens (tertiary/aromatic N) is 2.